The van der Waals surface area contributed by atoms with Crippen molar-refractivity contribution in [2.24, 2.45) is 5.92 Å². The Morgan fingerprint density at radius 1 is 1.07 bits per heavy atom. The molecule has 1 fully saturated rings. The molecule has 2 atom stereocenters. The van der Waals surface area contributed by atoms with Crippen molar-refractivity contribution in [2.45, 2.75) is 91.9 Å². The maximum Gasteiger partial charge on any atom is 0.305 e. The average Bonchev–Trinajstić information content (AvgIpc) is 2.94. The largest absolute Gasteiger partial charge is 0.481 e. The highest BCUT2D eigenvalue weighted by Gasteiger charge is 2.31. The van der Waals surface area contributed by atoms with Crippen LogP contribution in [0.2, 0.25) is 0 Å². The van der Waals surface area contributed by atoms with Gasteiger partial charge in [0.05, 0.1) is 18.2 Å². The van der Waals surface area contributed by atoms with E-state index in [9.17, 15) is 23.9 Å². The van der Waals surface area contributed by atoms with Crippen LogP contribution < -0.4 is 10.9 Å². The van der Waals surface area contributed by atoms with E-state index in [1.165, 1.54) is 4.57 Å². The number of nitrogens with one attached hydrogen (secondary N) is 1. The Balaban J connectivity index is 1.75. The number of amides is 1. The molecule has 248 valence electrons. The van der Waals surface area contributed by atoms with E-state index >= 15 is 4.39 Å². The lowest BCUT2D eigenvalue weighted by atomic mass is 9.90. The molecule has 0 saturated carbocycles. The summed E-state index contributed by atoms with van der Waals surface area (Å²) in [7, 11) is 0. The zero-order valence-corrected chi connectivity index (χ0v) is 27.9. The molecule has 2 aromatic carbocycles. The molecule has 0 radical (unpaired) electrons. The number of hydrogen-bond donors (Lipinski definition) is 2. The zero-order valence-electron chi connectivity index (χ0n) is 27.9. The fourth-order valence-electron chi connectivity index (χ4n) is 6.21. The van der Waals surface area contributed by atoms with E-state index in [4.69, 9.17) is 0 Å². The number of aryl methyl sites for hydroxylation is 3. The molecule has 1 aromatic heterocycles. The third-order valence-electron chi connectivity index (χ3n) is 8.61. The van der Waals surface area contributed by atoms with Gasteiger partial charge in [-0.05, 0) is 73.1 Å². The molecule has 1 saturated heterocycles. The molecule has 0 bridgehead atoms. The standard InChI is InChI=1S/C36H46F2N4O4/c1-20(2)13-30(42-19-27(11-12-41-17-26(37)18-41)39-34(21(3)4)36(42)46)35(45)40-29(16-31(43)44)28-15-25(14-24(7)33(28)38)32-22(5)9-8-10-23(32)6/h8-10,14-15,19-21,26,29-30H,11-13,16-18H2,1-7H3,(H,40,45)(H,43,44)/t29-,30-/m0/s1. The van der Waals surface area contributed by atoms with Gasteiger partial charge in [-0.25, -0.2) is 8.78 Å². The Bertz CT molecular complexity index is 1630. The van der Waals surface area contributed by atoms with Crippen molar-refractivity contribution in [1.82, 2.24) is 19.8 Å². The summed E-state index contributed by atoms with van der Waals surface area (Å²) in [5.41, 5.74) is 4.54. The Kier molecular flexibility index (Phi) is 11.1. The minimum absolute atomic E-state index is 0.00592. The first kappa shape index (κ1) is 34.9. The molecular formula is C36H46F2N4O4. The number of hydrogen-bond acceptors (Lipinski definition) is 5. The Morgan fingerprint density at radius 3 is 2.28 bits per heavy atom. The van der Waals surface area contributed by atoms with E-state index in [-0.39, 0.29) is 23.8 Å². The van der Waals surface area contributed by atoms with E-state index in [1.54, 1.807) is 25.3 Å². The monoisotopic (exact) mass is 636 g/mol. The Morgan fingerprint density at radius 2 is 1.72 bits per heavy atom. The van der Waals surface area contributed by atoms with Gasteiger partial charge in [-0.3, -0.25) is 28.8 Å². The summed E-state index contributed by atoms with van der Waals surface area (Å²) in [6, 6.07) is 7.03. The predicted octanol–water partition coefficient (Wildman–Crippen LogP) is 6.21. The molecular weight excluding hydrogens is 590 g/mol. The summed E-state index contributed by atoms with van der Waals surface area (Å²) >= 11 is 0. The topological polar surface area (TPSA) is 105 Å². The molecule has 8 nitrogen and oxygen atoms in total. The van der Waals surface area contributed by atoms with Crippen molar-refractivity contribution in [3.8, 4) is 11.1 Å². The molecule has 0 unspecified atom stereocenters. The van der Waals surface area contributed by atoms with E-state index in [1.807, 2.05) is 64.6 Å². The second-order valence-corrected chi connectivity index (χ2v) is 13.4. The predicted molar refractivity (Wildman–Crippen MR) is 175 cm³/mol. The molecule has 1 aliphatic rings. The van der Waals surface area contributed by atoms with Crippen molar-refractivity contribution in [3.63, 3.8) is 0 Å². The second kappa shape index (κ2) is 14.7. The first-order chi connectivity index (χ1) is 21.7. The summed E-state index contributed by atoms with van der Waals surface area (Å²) in [5.74, 6) is -2.59. The molecule has 2 N–H and O–H groups in total. The number of carbonyl (C=O) groups excluding carboxylic acids is 1. The number of halogens is 2. The number of aromatic nitrogens is 2. The minimum Gasteiger partial charge on any atom is -0.481 e. The number of rotatable bonds is 13. The number of nitrogens with zero attached hydrogens (tertiary/aromatic N) is 3. The van der Waals surface area contributed by atoms with Crippen LogP contribution in [-0.4, -0.2) is 57.2 Å². The normalized spacial score (nSPS) is 15.2. The van der Waals surface area contributed by atoms with Gasteiger partial charge in [-0.1, -0.05) is 45.9 Å². The van der Waals surface area contributed by atoms with Crippen molar-refractivity contribution < 1.29 is 23.5 Å². The van der Waals surface area contributed by atoms with Gasteiger partial charge in [-0.2, -0.15) is 0 Å². The number of alkyl halides is 1. The van der Waals surface area contributed by atoms with Crippen LogP contribution in [0.5, 0.6) is 0 Å². The average molecular weight is 637 g/mol. The molecule has 4 rings (SSSR count). The number of likely N-dealkylation sites (tertiary alicyclic amines) is 1. The summed E-state index contributed by atoms with van der Waals surface area (Å²) in [5, 5.41) is 12.7. The lowest BCUT2D eigenvalue weighted by Gasteiger charge is -2.34. The molecule has 3 aromatic rings. The van der Waals surface area contributed by atoms with Crippen LogP contribution in [0.3, 0.4) is 0 Å². The van der Waals surface area contributed by atoms with Crippen molar-refractivity contribution >= 4 is 11.9 Å². The van der Waals surface area contributed by atoms with Crippen LogP contribution in [0.1, 0.15) is 92.2 Å². The number of carbonyl (C=O) groups is 2. The van der Waals surface area contributed by atoms with Gasteiger partial charge in [-0.15, -0.1) is 0 Å². The lowest BCUT2D eigenvalue weighted by Crippen LogP contribution is -2.49. The molecule has 0 aliphatic carbocycles. The van der Waals surface area contributed by atoms with E-state index in [0.717, 1.165) is 22.3 Å². The van der Waals surface area contributed by atoms with E-state index in [2.05, 4.69) is 10.3 Å². The number of benzene rings is 2. The maximum atomic E-state index is 15.8. The quantitative estimate of drug-likeness (QED) is 0.231. The van der Waals surface area contributed by atoms with Crippen LogP contribution >= 0.6 is 0 Å². The van der Waals surface area contributed by atoms with Crippen LogP contribution in [0, 0.1) is 32.5 Å². The fraction of sp³-hybridized carbons (Fsp3) is 0.500. The smallest absolute Gasteiger partial charge is 0.305 e. The van der Waals surface area contributed by atoms with Gasteiger partial charge >= 0.3 is 5.97 Å². The number of carboxylic acid groups (broad SMARTS) is 1. The van der Waals surface area contributed by atoms with E-state index in [0.29, 0.717) is 43.0 Å². The molecule has 1 amide bonds. The molecule has 2 heterocycles. The summed E-state index contributed by atoms with van der Waals surface area (Å²) in [4.78, 5) is 46.5. The summed E-state index contributed by atoms with van der Waals surface area (Å²) in [6.07, 6.45) is 0.963. The number of carboxylic acids is 1. The fourth-order valence-corrected chi connectivity index (χ4v) is 6.21. The second-order valence-electron chi connectivity index (χ2n) is 13.4. The third kappa shape index (κ3) is 8.07. The molecule has 1 aliphatic heterocycles. The lowest BCUT2D eigenvalue weighted by molar-refractivity contribution is -0.138. The zero-order chi connectivity index (χ0) is 33.9. The minimum atomic E-state index is -1.20. The van der Waals surface area contributed by atoms with Crippen molar-refractivity contribution in [2.75, 3.05) is 19.6 Å². The van der Waals surface area contributed by atoms with Gasteiger partial charge < -0.3 is 10.4 Å². The van der Waals surface area contributed by atoms with Gasteiger partial charge in [0.25, 0.3) is 5.56 Å². The van der Waals surface area contributed by atoms with Crippen LogP contribution in [0.25, 0.3) is 11.1 Å². The molecule has 0 spiro atoms. The van der Waals surface area contributed by atoms with Gasteiger partial charge in [0, 0.05) is 43.7 Å². The highest BCUT2D eigenvalue weighted by atomic mass is 19.1. The van der Waals surface area contributed by atoms with Gasteiger partial charge in [0.1, 0.15) is 23.7 Å². The first-order valence-corrected chi connectivity index (χ1v) is 16.0. The Hall–Kier alpha value is -3.92. The van der Waals surface area contributed by atoms with E-state index < -0.39 is 47.9 Å². The van der Waals surface area contributed by atoms with Crippen molar-refractivity contribution in [1.29, 1.82) is 0 Å². The van der Waals surface area contributed by atoms with Crippen LogP contribution in [-0.2, 0) is 16.0 Å². The van der Waals surface area contributed by atoms with Gasteiger partial charge in [0.15, 0.2) is 0 Å². The highest BCUT2D eigenvalue weighted by Crippen LogP contribution is 2.33. The highest BCUT2D eigenvalue weighted by molar-refractivity contribution is 5.82. The van der Waals surface area contributed by atoms with Crippen LogP contribution in [0.4, 0.5) is 8.78 Å². The molecule has 46 heavy (non-hydrogen) atoms. The van der Waals surface area contributed by atoms with Crippen molar-refractivity contribution in [3.05, 3.63) is 86.3 Å². The SMILES string of the molecule is Cc1cc(-c2c(C)cccc2C)cc([C@H](CC(=O)O)NC(=O)[C@H](CC(C)C)n2cc(CCN3CC(F)C3)nc(C(C)C)c2=O)c1F. The Labute approximate surface area is 269 Å². The maximum absolute atomic E-state index is 15.8. The third-order valence-corrected chi connectivity index (χ3v) is 8.61. The van der Waals surface area contributed by atoms with Gasteiger partial charge in [0.2, 0.25) is 5.91 Å². The number of aliphatic carboxylic acids is 1. The van der Waals surface area contributed by atoms with Crippen LogP contribution in [0.15, 0.2) is 41.3 Å². The first-order valence-electron chi connectivity index (χ1n) is 16.0. The summed E-state index contributed by atoms with van der Waals surface area (Å²) < 4.78 is 30.6. The summed E-state index contributed by atoms with van der Waals surface area (Å²) in [6.45, 7) is 14.4. The molecule has 10 heteroatoms.